The van der Waals surface area contributed by atoms with Crippen molar-refractivity contribution in [3.8, 4) is 5.75 Å². The number of aromatic hydroxyl groups is 1. The van der Waals surface area contributed by atoms with E-state index >= 15 is 0 Å². The summed E-state index contributed by atoms with van der Waals surface area (Å²) < 4.78 is 1.15. The summed E-state index contributed by atoms with van der Waals surface area (Å²) in [6.45, 7) is 0.929. The number of fused-ring (bicyclic) bond motifs is 1. The molecule has 2 nitrogen and oxygen atoms in total. The van der Waals surface area contributed by atoms with E-state index in [1.54, 1.807) is 17.4 Å². The third-order valence-electron chi connectivity index (χ3n) is 2.06. The molecule has 3 heteroatoms. The minimum atomic E-state index is 0.378. The molecule has 1 heterocycles. The van der Waals surface area contributed by atoms with Gasteiger partial charge in [0.05, 0.1) is 0 Å². The summed E-state index contributed by atoms with van der Waals surface area (Å²) in [5.41, 5.74) is 0. The van der Waals surface area contributed by atoms with E-state index in [4.69, 9.17) is 0 Å². The fourth-order valence-electron chi connectivity index (χ4n) is 1.49. The number of hydrogen-bond acceptors (Lipinski definition) is 3. The first-order valence-corrected chi connectivity index (χ1v) is 5.33. The van der Waals surface area contributed by atoms with E-state index in [0.29, 0.717) is 5.75 Å². The average molecular weight is 207 g/mol. The normalized spacial score (nSPS) is 11.4. The second-order valence-corrected chi connectivity index (χ2v) is 4.81. The van der Waals surface area contributed by atoms with Crippen molar-refractivity contribution in [1.29, 1.82) is 0 Å². The second kappa shape index (κ2) is 3.59. The number of phenolic OH excluding ortho intramolecular Hbond substituents is 1. The predicted octanol–water partition coefficient (Wildman–Crippen LogP) is 2.67. The molecule has 0 fully saturated rings. The van der Waals surface area contributed by atoms with Crippen molar-refractivity contribution in [3.05, 3.63) is 29.1 Å². The monoisotopic (exact) mass is 207 g/mol. The molecule has 0 spiro atoms. The van der Waals surface area contributed by atoms with E-state index in [1.807, 2.05) is 26.2 Å². The molecule has 0 aliphatic heterocycles. The molecule has 0 bridgehead atoms. The van der Waals surface area contributed by atoms with Gasteiger partial charge in [0.25, 0.3) is 0 Å². The highest BCUT2D eigenvalue weighted by Crippen LogP contribution is 2.32. The van der Waals surface area contributed by atoms with Crippen LogP contribution < -0.4 is 0 Å². The average Bonchev–Trinajstić information content (AvgIpc) is 2.47. The number of nitrogens with zero attached hydrogens (tertiary/aromatic N) is 1. The lowest BCUT2D eigenvalue weighted by molar-refractivity contribution is 0.406. The first-order chi connectivity index (χ1) is 6.66. The van der Waals surface area contributed by atoms with Crippen LogP contribution in [0.4, 0.5) is 0 Å². The topological polar surface area (TPSA) is 23.5 Å². The van der Waals surface area contributed by atoms with Gasteiger partial charge in [-0.2, -0.15) is 0 Å². The van der Waals surface area contributed by atoms with Crippen LogP contribution in [0.2, 0.25) is 0 Å². The van der Waals surface area contributed by atoms with Crippen molar-refractivity contribution >= 4 is 21.4 Å². The molecule has 2 rings (SSSR count). The lowest BCUT2D eigenvalue weighted by Gasteiger charge is -2.05. The van der Waals surface area contributed by atoms with E-state index in [-0.39, 0.29) is 0 Å². The van der Waals surface area contributed by atoms with Gasteiger partial charge in [0, 0.05) is 21.5 Å². The summed E-state index contributed by atoms with van der Waals surface area (Å²) in [5, 5.41) is 10.6. The van der Waals surface area contributed by atoms with Gasteiger partial charge in [-0.3, -0.25) is 0 Å². The molecule has 0 atom stereocenters. The van der Waals surface area contributed by atoms with Crippen molar-refractivity contribution in [2.75, 3.05) is 14.1 Å². The maximum Gasteiger partial charge on any atom is 0.124 e. The first kappa shape index (κ1) is 9.49. The highest BCUT2D eigenvalue weighted by molar-refractivity contribution is 7.19. The maximum atomic E-state index is 9.61. The smallest absolute Gasteiger partial charge is 0.124 e. The van der Waals surface area contributed by atoms with Crippen molar-refractivity contribution < 1.29 is 5.11 Å². The Morgan fingerprint density at radius 3 is 2.79 bits per heavy atom. The third-order valence-corrected chi connectivity index (χ3v) is 3.15. The van der Waals surface area contributed by atoms with Crippen LogP contribution in [0.1, 0.15) is 4.88 Å². The van der Waals surface area contributed by atoms with Crippen LogP contribution in [0, 0.1) is 0 Å². The molecule has 0 aliphatic rings. The lowest BCUT2D eigenvalue weighted by atomic mass is 10.2. The van der Waals surface area contributed by atoms with Crippen LogP contribution in [-0.2, 0) is 6.54 Å². The molecule has 0 saturated heterocycles. The SMILES string of the molecule is CN(C)Cc1cc2c(O)cccc2s1. The molecule has 74 valence electrons. The van der Waals surface area contributed by atoms with Crippen LogP contribution in [-0.4, -0.2) is 24.1 Å². The highest BCUT2D eigenvalue weighted by atomic mass is 32.1. The van der Waals surface area contributed by atoms with Crippen LogP contribution in [0.3, 0.4) is 0 Å². The minimum Gasteiger partial charge on any atom is -0.507 e. The number of hydrogen-bond donors (Lipinski definition) is 1. The van der Waals surface area contributed by atoms with Crippen molar-refractivity contribution in [2.45, 2.75) is 6.54 Å². The molecule has 0 radical (unpaired) electrons. The van der Waals surface area contributed by atoms with Gasteiger partial charge < -0.3 is 10.0 Å². The van der Waals surface area contributed by atoms with Crippen molar-refractivity contribution in [3.63, 3.8) is 0 Å². The Hall–Kier alpha value is -1.06. The molecule has 0 unspecified atom stereocenters. The van der Waals surface area contributed by atoms with Gasteiger partial charge in [-0.1, -0.05) is 6.07 Å². The third kappa shape index (κ3) is 1.74. The van der Waals surface area contributed by atoms with E-state index in [2.05, 4.69) is 11.0 Å². The van der Waals surface area contributed by atoms with Crippen LogP contribution in [0.25, 0.3) is 10.1 Å². The predicted molar refractivity (Wildman–Crippen MR) is 60.9 cm³/mol. The fourth-order valence-corrected chi connectivity index (χ4v) is 2.69. The molecule has 1 aromatic carbocycles. The second-order valence-electron chi connectivity index (χ2n) is 3.64. The van der Waals surface area contributed by atoms with E-state index in [9.17, 15) is 5.11 Å². The number of thiophene rings is 1. The quantitative estimate of drug-likeness (QED) is 0.818. The highest BCUT2D eigenvalue weighted by Gasteiger charge is 2.05. The van der Waals surface area contributed by atoms with Gasteiger partial charge in [0.1, 0.15) is 5.75 Å². The van der Waals surface area contributed by atoms with E-state index in [1.165, 1.54) is 4.88 Å². The number of phenols is 1. The van der Waals surface area contributed by atoms with Gasteiger partial charge in [0.2, 0.25) is 0 Å². The number of benzene rings is 1. The van der Waals surface area contributed by atoms with Crippen LogP contribution >= 0.6 is 11.3 Å². The van der Waals surface area contributed by atoms with Crippen LogP contribution in [0.5, 0.6) is 5.75 Å². The molecule has 0 amide bonds. The van der Waals surface area contributed by atoms with Gasteiger partial charge in [-0.25, -0.2) is 0 Å². The standard InChI is InChI=1S/C11H13NOS/c1-12(2)7-8-6-9-10(13)4-3-5-11(9)14-8/h3-6,13H,7H2,1-2H3. The summed E-state index contributed by atoms with van der Waals surface area (Å²) >= 11 is 1.74. The fraction of sp³-hybridized carbons (Fsp3) is 0.273. The van der Waals surface area contributed by atoms with Gasteiger partial charge in [-0.05, 0) is 32.3 Å². The Morgan fingerprint density at radius 1 is 1.36 bits per heavy atom. The Labute approximate surface area is 87.4 Å². The Balaban J connectivity index is 2.46. The first-order valence-electron chi connectivity index (χ1n) is 4.52. The van der Waals surface area contributed by atoms with Crippen molar-refractivity contribution in [1.82, 2.24) is 4.90 Å². The zero-order chi connectivity index (χ0) is 10.1. The summed E-state index contributed by atoms with van der Waals surface area (Å²) in [4.78, 5) is 3.41. The zero-order valence-electron chi connectivity index (χ0n) is 8.32. The Kier molecular flexibility index (Phi) is 2.44. The molecule has 1 N–H and O–H groups in total. The summed E-state index contributed by atoms with van der Waals surface area (Å²) in [6.07, 6.45) is 0. The number of rotatable bonds is 2. The molecule has 14 heavy (non-hydrogen) atoms. The Morgan fingerprint density at radius 2 is 2.14 bits per heavy atom. The molecule has 2 aromatic rings. The van der Waals surface area contributed by atoms with Gasteiger partial charge >= 0.3 is 0 Å². The Bertz CT molecular complexity index is 447. The summed E-state index contributed by atoms with van der Waals surface area (Å²) in [6, 6.07) is 7.72. The van der Waals surface area contributed by atoms with Crippen LogP contribution in [0.15, 0.2) is 24.3 Å². The van der Waals surface area contributed by atoms with Gasteiger partial charge in [-0.15, -0.1) is 11.3 Å². The summed E-state index contributed by atoms with van der Waals surface area (Å²) in [7, 11) is 4.09. The molecule has 1 aromatic heterocycles. The van der Waals surface area contributed by atoms with Crippen molar-refractivity contribution in [2.24, 2.45) is 0 Å². The lowest BCUT2D eigenvalue weighted by Crippen LogP contribution is -2.09. The van der Waals surface area contributed by atoms with E-state index < -0.39 is 0 Å². The van der Waals surface area contributed by atoms with E-state index in [0.717, 1.165) is 16.6 Å². The molecular weight excluding hydrogens is 194 g/mol. The zero-order valence-corrected chi connectivity index (χ0v) is 9.14. The largest absolute Gasteiger partial charge is 0.507 e. The molecular formula is C11H13NOS. The molecule has 0 saturated carbocycles. The molecule has 0 aliphatic carbocycles. The minimum absolute atomic E-state index is 0.378. The summed E-state index contributed by atoms with van der Waals surface area (Å²) in [5.74, 6) is 0.378. The maximum absolute atomic E-state index is 9.61. The van der Waals surface area contributed by atoms with Gasteiger partial charge in [0.15, 0.2) is 0 Å².